The van der Waals surface area contributed by atoms with Crippen LogP contribution in [0.1, 0.15) is 22.3 Å². The van der Waals surface area contributed by atoms with E-state index in [0.717, 1.165) is 22.3 Å². The van der Waals surface area contributed by atoms with Crippen LogP contribution in [-0.2, 0) is 40.3 Å². The molecule has 2 atom stereocenters. The molecule has 220 valence electrons. The lowest BCUT2D eigenvalue weighted by atomic mass is 10.1. The van der Waals surface area contributed by atoms with Crippen molar-refractivity contribution in [3.05, 3.63) is 144 Å². The number of hydrogen-bond acceptors (Lipinski definition) is 6. The summed E-state index contributed by atoms with van der Waals surface area (Å²) in [6, 6.07) is 38.3. The van der Waals surface area contributed by atoms with Gasteiger partial charge in [0, 0.05) is 12.8 Å². The molecule has 0 radical (unpaired) electrons. The first-order chi connectivity index (χ1) is 20.9. The molecule has 0 saturated heterocycles. The molecule has 0 heterocycles. The third-order valence-corrected chi connectivity index (χ3v) is 6.07. The normalized spacial score (nSPS) is 11.3. The van der Waals surface area contributed by atoms with E-state index in [1.165, 1.54) is 0 Å². The molecule has 4 rings (SSSR count). The molecule has 0 aliphatic rings. The molecule has 0 aliphatic carbocycles. The highest BCUT2D eigenvalue weighted by Crippen LogP contribution is 2.06. The van der Waals surface area contributed by atoms with Gasteiger partial charge in [0.1, 0.15) is 25.3 Å². The van der Waals surface area contributed by atoms with E-state index in [4.69, 9.17) is 20.5 Å². The van der Waals surface area contributed by atoms with Gasteiger partial charge in [-0.05, 0) is 22.3 Å². The van der Waals surface area contributed by atoms with E-state index in [1.54, 1.807) is 0 Å². The number of benzene rings is 4. The average Bonchev–Trinajstić information content (AvgIpc) is 3.04. The maximum absolute atomic E-state index is 11.8. The average molecular weight is 579 g/mol. The molecule has 0 spiro atoms. The molecule has 3 amide bonds. The zero-order chi connectivity index (χ0) is 30.7. The molecule has 0 bridgehead atoms. The van der Waals surface area contributed by atoms with Gasteiger partial charge < -0.3 is 25.8 Å². The molecule has 2 unspecified atom stereocenters. The Labute approximate surface area is 251 Å². The molecule has 0 aliphatic heterocycles. The first kappa shape index (κ1) is 31.9. The number of ether oxygens (including phenoxy) is 2. The van der Waals surface area contributed by atoms with Crippen molar-refractivity contribution < 1.29 is 23.9 Å². The smallest absolute Gasteiger partial charge is 0.408 e. The molecular formula is C34H34N4O5. The van der Waals surface area contributed by atoms with E-state index in [2.05, 4.69) is 16.7 Å². The number of nitrogens with zero attached hydrogens (tertiary/aromatic N) is 1. The Balaban J connectivity index is 0.000000236. The Morgan fingerprint density at radius 3 is 1.37 bits per heavy atom. The second kappa shape index (κ2) is 17.9. The molecular weight excluding hydrogens is 544 g/mol. The fraction of sp³-hybridized carbons (Fsp3) is 0.176. The number of nitrogens with two attached hydrogens (primary N) is 1. The zero-order valence-corrected chi connectivity index (χ0v) is 23.6. The molecule has 43 heavy (non-hydrogen) atoms. The van der Waals surface area contributed by atoms with Crippen LogP contribution in [0.5, 0.6) is 0 Å². The van der Waals surface area contributed by atoms with Crippen LogP contribution in [0.3, 0.4) is 0 Å². The predicted molar refractivity (Wildman–Crippen MR) is 162 cm³/mol. The summed E-state index contributed by atoms with van der Waals surface area (Å²) in [5.74, 6) is -0.597. The zero-order valence-electron chi connectivity index (χ0n) is 23.6. The number of primary amides is 1. The number of rotatable bonds is 11. The van der Waals surface area contributed by atoms with E-state index in [1.807, 2.05) is 121 Å². The van der Waals surface area contributed by atoms with Crippen LogP contribution in [0.15, 0.2) is 121 Å². The van der Waals surface area contributed by atoms with Crippen LogP contribution in [0.4, 0.5) is 9.59 Å². The Morgan fingerprint density at radius 1 is 0.605 bits per heavy atom. The van der Waals surface area contributed by atoms with Gasteiger partial charge in [0.05, 0.1) is 6.07 Å². The summed E-state index contributed by atoms with van der Waals surface area (Å²) in [5, 5.41) is 14.2. The van der Waals surface area contributed by atoms with Gasteiger partial charge in [-0.15, -0.1) is 0 Å². The maximum atomic E-state index is 11.8. The quantitative estimate of drug-likeness (QED) is 0.227. The van der Waals surface area contributed by atoms with Gasteiger partial charge in [0.15, 0.2) is 0 Å². The minimum atomic E-state index is -0.800. The number of nitrogens with one attached hydrogen (secondary N) is 2. The van der Waals surface area contributed by atoms with Gasteiger partial charge in [-0.3, -0.25) is 4.79 Å². The van der Waals surface area contributed by atoms with Crippen molar-refractivity contribution in [1.82, 2.24) is 10.6 Å². The lowest BCUT2D eigenvalue weighted by Gasteiger charge is -2.15. The highest BCUT2D eigenvalue weighted by Gasteiger charge is 2.19. The minimum absolute atomic E-state index is 0.142. The van der Waals surface area contributed by atoms with Crippen molar-refractivity contribution in [1.29, 1.82) is 5.26 Å². The van der Waals surface area contributed by atoms with E-state index in [9.17, 15) is 14.4 Å². The summed E-state index contributed by atoms with van der Waals surface area (Å²) in [5.41, 5.74) is 9.01. The van der Waals surface area contributed by atoms with E-state index < -0.39 is 30.2 Å². The van der Waals surface area contributed by atoms with Gasteiger partial charge >= 0.3 is 12.2 Å². The second-order valence-electron chi connectivity index (χ2n) is 9.43. The van der Waals surface area contributed by atoms with Crippen molar-refractivity contribution in [2.24, 2.45) is 5.73 Å². The topological polar surface area (TPSA) is 144 Å². The van der Waals surface area contributed by atoms with Gasteiger partial charge in [-0.1, -0.05) is 121 Å². The Morgan fingerprint density at radius 2 is 0.977 bits per heavy atom. The monoisotopic (exact) mass is 578 g/mol. The third-order valence-electron chi connectivity index (χ3n) is 6.07. The van der Waals surface area contributed by atoms with Crippen LogP contribution >= 0.6 is 0 Å². The summed E-state index contributed by atoms with van der Waals surface area (Å²) >= 11 is 0. The van der Waals surface area contributed by atoms with Gasteiger partial charge in [0.2, 0.25) is 5.91 Å². The molecule has 4 aromatic rings. The van der Waals surface area contributed by atoms with Crippen molar-refractivity contribution in [2.75, 3.05) is 0 Å². The first-order valence-corrected chi connectivity index (χ1v) is 13.6. The van der Waals surface area contributed by atoms with E-state index in [0.29, 0.717) is 12.8 Å². The van der Waals surface area contributed by atoms with Crippen molar-refractivity contribution in [2.45, 2.75) is 38.1 Å². The van der Waals surface area contributed by atoms with Gasteiger partial charge in [-0.2, -0.15) is 5.26 Å². The molecule has 9 heteroatoms. The first-order valence-electron chi connectivity index (χ1n) is 13.6. The fourth-order valence-corrected chi connectivity index (χ4v) is 3.87. The molecule has 9 nitrogen and oxygen atoms in total. The van der Waals surface area contributed by atoms with E-state index >= 15 is 0 Å². The summed E-state index contributed by atoms with van der Waals surface area (Å²) in [6.07, 6.45) is -0.459. The summed E-state index contributed by atoms with van der Waals surface area (Å²) in [7, 11) is 0. The SMILES string of the molecule is N#CC(Cc1ccccc1)NC(=O)OCc1ccccc1.NC(=O)C(Cc1ccccc1)NC(=O)OCc1ccccc1. The van der Waals surface area contributed by atoms with Crippen LogP contribution < -0.4 is 16.4 Å². The lowest BCUT2D eigenvalue weighted by Crippen LogP contribution is -2.46. The summed E-state index contributed by atoms with van der Waals surface area (Å²) in [6.45, 7) is 0.333. The molecule has 4 aromatic carbocycles. The highest BCUT2D eigenvalue weighted by molar-refractivity contribution is 5.84. The standard InChI is InChI=1S/C17H18N2O3.C17H16N2O2/c18-16(20)15(11-13-7-3-1-4-8-13)19-17(21)22-12-14-9-5-2-6-10-14;18-12-16(11-14-7-3-1-4-8-14)19-17(20)21-13-15-9-5-2-6-10-15/h1-10,15H,11-12H2,(H2,18,20)(H,19,21);1-10,16H,11,13H2,(H,19,20). The van der Waals surface area contributed by atoms with Crippen LogP contribution in [0.25, 0.3) is 0 Å². The Kier molecular flexibility index (Phi) is 13.3. The lowest BCUT2D eigenvalue weighted by molar-refractivity contribution is -0.119. The fourth-order valence-electron chi connectivity index (χ4n) is 3.87. The minimum Gasteiger partial charge on any atom is -0.445 e. The molecule has 0 saturated carbocycles. The van der Waals surface area contributed by atoms with Crippen LogP contribution in [-0.4, -0.2) is 30.2 Å². The third kappa shape index (κ3) is 12.6. The van der Waals surface area contributed by atoms with Gasteiger partial charge in [0.25, 0.3) is 0 Å². The van der Waals surface area contributed by atoms with E-state index in [-0.39, 0.29) is 13.2 Å². The predicted octanol–water partition coefficient (Wildman–Crippen LogP) is 5.06. The Bertz CT molecular complexity index is 1450. The second-order valence-corrected chi connectivity index (χ2v) is 9.43. The number of alkyl carbamates (subject to hydrolysis) is 2. The van der Waals surface area contributed by atoms with Crippen molar-refractivity contribution >= 4 is 18.1 Å². The molecule has 0 aromatic heterocycles. The van der Waals surface area contributed by atoms with Crippen molar-refractivity contribution in [3.8, 4) is 6.07 Å². The highest BCUT2D eigenvalue weighted by atomic mass is 16.6. The largest absolute Gasteiger partial charge is 0.445 e. The number of nitriles is 1. The Hall–Kier alpha value is -5.62. The van der Waals surface area contributed by atoms with Gasteiger partial charge in [-0.25, -0.2) is 9.59 Å². The van der Waals surface area contributed by atoms with Crippen LogP contribution in [0.2, 0.25) is 0 Å². The van der Waals surface area contributed by atoms with Crippen molar-refractivity contribution in [3.63, 3.8) is 0 Å². The molecule has 4 N–H and O–H groups in total. The van der Waals surface area contributed by atoms with Crippen LogP contribution in [0, 0.1) is 11.3 Å². The number of amides is 3. The summed E-state index contributed by atoms with van der Waals surface area (Å²) in [4.78, 5) is 34.9. The maximum Gasteiger partial charge on any atom is 0.408 e. The summed E-state index contributed by atoms with van der Waals surface area (Å²) < 4.78 is 10.2. The number of carbonyl (C=O) groups is 3. The molecule has 0 fully saturated rings. The number of carbonyl (C=O) groups excluding carboxylic acids is 3. The number of hydrogen-bond donors (Lipinski definition) is 3.